The van der Waals surface area contributed by atoms with Gasteiger partial charge in [0, 0.05) is 60.6 Å². The maximum atomic E-state index is 13.9. The molecular weight excluding hydrogens is 626 g/mol. The molecule has 0 bridgehead atoms. The van der Waals surface area contributed by atoms with Crippen LogP contribution in [-0.2, 0) is 0 Å². The number of anilines is 2. The van der Waals surface area contributed by atoms with Crippen molar-refractivity contribution < 1.29 is 44.8 Å². The van der Waals surface area contributed by atoms with Crippen LogP contribution < -0.4 is 29.0 Å². The Morgan fingerprint density at radius 3 is 1.62 bits per heavy atom. The van der Waals surface area contributed by atoms with Crippen LogP contribution in [0.3, 0.4) is 0 Å². The maximum Gasteiger partial charge on any atom is 0.389 e. The van der Waals surface area contributed by atoms with E-state index in [-0.39, 0.29) is 48.9 Å². The van der Waals surface area contributed by atoms with Crippen LogP contribution in [0.5, 0.6) is 17.2 Å². The second kappa shape index (κ2) is 17.0. The number of phenolic OH excluding ortho intramolecular Hbond substituents is 1. The lowest BCUT2D eigenvalue weighted by Gasteiger charge is -2.23. The van der Waals surface area contributed by atoms with E-state index in [4.69, 9.17) is 9.47 Å². The van der Waals surface area contributed by atoms with Crippen LogP contribution in [0.1, 0.15) is 0 Å². The summed E-state index contributed by atoms with van der Waals surface area (Å²) in [6, 6.07) is 18.3. The van der Waals surface area contributed by atoms with Crippen LogP contribution in [0.25, 0.3) is 33.9 Å². The molecule has 0 amide bonds. The second-order valence-corrected chi connectivity index (χ2v) is 11.3. The van der Waals surface area contributed by atoms with Crippen LogP contribution in [-0.4, -0.2) is 109 Å². The lowest BCUT2D eigenvalue weighted by atomic mass is 10.0. The summed E-state index contributed by atoms with van der Waals surface area (Å²) >= 11 is 0.897. The van der Waals surface area contributed by atoms with Crippen molar-refractivity contribution in [3.63, 3.8) is 0 Å². The zero-order valence-corrected chi connectivity index (χ0v) is 27.5. The summed E-state index contributed by atoms with van der Waals surface area (Å²) < 4.78 is 15.3. The Kier molecular flexibility index (Phi) is 12.9. The third-order valence-electron chi connectivity index (χ3n) is 7.56. The van der Waals surface area contributed by atoms with Crippen molar-refractivity contribution in [2.75, 3.05) is 83.7 Å². The summed E-state index contributed by atoms with van der Waals surface area (Å²) in [6.07, 6.45) is 0. The number of hydrogen-bond donors (Lipinski definition) is 6. The number of aromatic hydroxyl groups is 1. The van der Waals surface area contributed by atoms with Crippen molar-refractivity contribution in [3.05, 3.63) is 60.7 Å². The van der Waals surface area contributed by atoms with Gasteiger partial charge in [0.1, 0.15) is 0 Å². The molecule has 0 radical (unpaired) electrons. The van der Waals surface area contributed by atoms with Gasteiger partial charge in [-0.2, -0.15) is 0 Å². The number of aromatic nitrogens is 2. The molecule has 1 heterocycles. The van der Waals surface area contributed by atoms with E-state index in [0.29, 0.717) is 54.5 Å². The highest BCUT2D eigenvalue weighted by molar-refractivity contribution is 8.11. The molecule has 4 aromatic rings. The third kappa shape index (κ3) is 7.99. The normalized spacial score (nSPS) is 11.0. The minimum Gasteiger partial charge on any atom is -0.502 e. The number of benzene rings is 3. The van der Waals surface area contributed by atoms with Crippen molar-refractivity contribution in [2.24, 2.45) is 0 Å². The number of nitrogens with zero attached hydrogens (tertiary/aromatic N) is 3. The molecule has 0 fully saturated rings. The maximum absolute atomic E-state index is 13.9. The van der Waals surface area contributed by atoms with Crippen LogP contribution >= 0.6 is 11.9 Å². The minimum absolute atomic E-state index is 0.0687. The molecule has 13 nitrogen and oxygen atoms in total. The van der Waals surface area contributed by atoms with Crippen molar-refractivity contribution in [1.82, 2.24) is 9.29 Å². The van der Waals surface area contributed by atoms with Gasteiger partial charge in [0.2, 0.25) is 5.75 Å². The monoisotopic (exact) mass is 668 g/mol. The zero-order valence-electron chi connectivity index (χ0n) is 26.6. The molecule has 1 aromatic heterocycles. The average Bonchev–Trinajstić information content (AvgIpc) is 3.49. The molecule has 0 atom stereocenters. The van der Waals surface area contributed by atoms with Gasteiger partial charge in [-0.25, -0.2) is 9.78 Å². The van der Waals surface area contributed by atoms with E-state index in [1.54, 1.807) is 23.7 Å². The van der Waals surface area contributed by atoms with Gasteiger partial charge < -0.3 is 44.8 Å². The van der Waals surface area contributed by atoms with Gasteiger partial charge in [0.15, 0.2) is 22.9 Å². The molecular formula is C33H42N5O8S+. The molecule has 0 aliphatic heterocycles. The first-order valence-corrected chi connectivity index (χ1v) is 15.8. The number of carbonyl (C=O) groups excluding carboxylic acids is 1. The summed E-state index contributed by atoms with van der Waals surface area (Å²) in [6.45, 7) is 1.11. The molecule has 47 heavy (non-hydrogen) atoms. The summed E-state index contributed by atoms with van der Waals surface area (Å²) in [5.41, 5.74) is 4.74. The number of ether oxygens (including phenoxy) is 2. The van der Waals surface area contributed by atoms with Crippen molar-refractivity contribution in [3.8, 4) is 51.2 Å². The molecule has 3 aromatic carbocycles. The summed E-state index contributed by atoms with van der Waals surface area (Å²) in [5, 5.41) is 48.4. The number of nitrogens with one attached hydrogen (secondary N) is 2. The Labute approximate surface area is 277 Å². The van der Waals surface area contributed by atoms with Crippen LogP contribution in [0.2, 0.25) is 0 Å². The van der Waals surface area contributed by atoms with Gasteiger partial charge >= 0.3 is 5.24 Å². The molecule has 4 rings (SSSR count). The number of hydrogen-bond acceptors (Lipinski definition) is 12. The summed E-state index contributed by atoms with van der Waals surface area (Å²) in [5.74, 6) is 0.542. The molecule has 0 saturated heterocycles. The number of rotatable bonds is 16. The first-order chi connectivity index (χ1) is 22.8. The third-order valence-corrected chi connectivity index (χ3v) is 8.12. The number of aromatic amines is 1. The quantitative estimate of drug-likeness (QED) is 0.0965. The SMILES string of the molecule is CNSC(=O)n1c(-c2cc(OC)c(O)c(OC)c2)[nH+]c(-c2ccc(N(CCO)CCO)cc2)c1-c1ccc(N(CCO)CCO)cc1. The van der Waals surface area contributed by atoms with Crippen molar-refractivity contribution in [2.45, 2.75) is 0 Å². The summed E-state index contributed by atoms with van der Waals surface area (Å²) in [7, 11) is 4.51. The highest BCUT2D eigenvalue weighted by Crippen LogP contribution is 2.42. The largest absolute Gasteiger partial charge is 0.502 e. The number of aliphatic hydroxyl groups excluding tert-OH is 4. The van der Waals surface area contributed by atoms with E-state index in [1.807, 2.05) is 58.3 Å². The van der Waals surface area contributed by atoms with Gasteiger partial charge in [-0.05, 0) is 67.7 Å². The number of H-pyrrole nitrogens is 1. The fourth-order valence-electron chi connectivity index (χ4n) is 5.38. The predicted octanol–water partition coefficient (Wildman–Crippen LogP) is 2.44. The van der Waals surface area contributed by atoms with E-state index in [1.165, 1.54) is 14.2 Å². The van der Waals surface area contributed by atoms with Crippen LogP contribution in [0.4, 0.5) is 16.2 Å². The van der Waals surface area contributed by atoms with Gasteiger partial charge in [-0.3, -0.25) is 4.72 Å². The second-order valence-electron chi connectivity index (χ2n) is 10.3. The standard InChI is InChI=1S/C33H41N5O8S/c1-34-47-33(44)38-30(23-6-10-26(11-7-23)37(14-18-41)15-19-42)29(22-4-8-25(9-5-22)36(12-16-39)13-17-40)35-32(38)24-20-27(45-2)31(43)28(21-24)46-3/h4-11,20-21,34,39-43H,12-19H2,1-3H3/p+1. The Morgan fingerprint density at radius 1 is 0.766 bits per heavy atom. The molecule has 0 unspecified atom stereocenters. The lowest BCUT2D eigenvalue weighted by Crippen LogP contribution is -2.29. The number of aliphatic hydroxyl groups is 4. The fourth-order valence-corrected chi connectivity index (χ4v) is 5.83. The van der Waals surface area contributed by atoms with Gasteiger partial charge in [0.05, 0.1) is 46.2 Å². The molecule has 7 N–H and O–H groups in total. The van der Waals surface area contributed by atoms with E-state index in [2.05, 4.69) is 9.71 Å². The Hall–Kier alpha value is -4.31. The molecule has 0 spiro atoms. The number of phenols is 1. The molecule has 0 aliphatic carbocycles. The number of carbonyl (C=O) groups is 1. The zero-order chi connectivity index (χ0) is 33.9. The molecule has 14 heteroatoms. The van der Waals surface area contributed by atoms with Crippen LogP contribution in [0.15, 0.2) is 60.7 Å². The minimum atomic E-state index is -0.342. The van der Waals surface area contributed by atoms with Gasteiger partial charge in [0.25, 0.3) is 5.82 Å². The predicted molar refractivity (Wildman–Crippen MR) is 182 cm³/mol. The number of methoxy groups -OCH3 is 2. The fraction of sp³-hybridized carbons (Fsp3) is 0.333. The average molecular weight is 669 g/mol. The summed E-state index contributed by atoms with van der Waals surface area (Å²) in [4.78, 5) is 21.1. The number of imidazole rings is 1. The van der Waals surface area contributed by atoms with E-state index in [0.717, 1.165) is 28.9 Å². The van der Waals surface area contributed by atoms with Gasteiger partial charge in [-0.15, -0.1) is 4.57 Å². The molecule has 252 valence electrons. The topological polar surface area (TPSA) is 174 Å². The smallest absolute Gasteiger partial charge is 0.389 e. The first kappa shape index (κ1) is 35.5. The van der Waals surface area contributed by atoms with Crippen molar-refractivity contribution >= 4 is 28.6 Å². The van der Waals surface area contributed by atoms with Gasteiger partial charge in [-0.1, -0.05) is 0 Å². The van der Waals surface area contributed by atoms with E-state index in [9.17, 15) is 30.3 Å². The first-order valence-electron chi connectivity index (χ1n) is 15.0. The Balaban J connectivity index is 1.99. The lowest BCUT2D eigenvalue weighted by molar-refractivity contribution is -0.349. The molecule has 0 saturated carbocycles. The van der Waals surface area contributed by atoms with Crippen LogP contribution in [0, 0.1) is 0 Å². The highest BCUT2D eigenvalue weighted by Gasteiger charge is 2.34. The Morgan fingerprint density at radius 2 is 1.21 bits per heavy atom. The Bertz CT molecular complexity index is 1580. The van der Waals surface area contributed by atoms with E-state index < -0.39 is 0 Å². The molecule has 0 aliphatic rings. The van der Waals surface area contributed by atoms with Crippen molar-refractivity contribution in [1.29, 1.82) is 0 Å². The highest BCUT2D eigenvalue weighted by atomic mass is 32.2. The van der Waals surface area contributed by atoms with E-state index >= 15 is 0 Å².